The van der Waals surface area contributed by atoms with Crippen LogP contribution in [0.5, 0.6) is 0 Å². The molecule has 0 amide bonds. The fourth-order valence-electron chi connectivity index (χ4n) is 7.44. The van der Waals surface area contributed by atoms with E-state index in [0.29, 0.717) is 19.3 Å². The first-order valence-corrected chi connectivity index (χ1v) is 10.8. The second-order valence-corrected chi connectivity index (χ2v) is 10.2. The Labute approximate surface area is 171 Å². The van der Waals surface area contributed by atoms with Gasteiger partial charge in [-0.15, -0.1) is 0 Å². The van der Waals surface area contributed by atoms with E-state index >= 15 is 0 Å². The minimum atomic E-state index is -1.58. The van der Waals surface area contributed by atoms with E-state index in [1.165, 1.54) is 6.92 Å². The Morgan fingerprint density at radius 1 is 1.21 bits per heavy atom. The van der Waals surface area contributed by atoms with Gasteiger partial charge in [0, 0.05) is 18.8 Å². The molecule has 0 spiro atoms. The summed E-state index contributed by atoms with van der Waals surface area (Å²) in [4.78, 5) is 36.0. The summed E-state index contributed by atoms with van der Waals surface area (Å²) in [5.41, 5.74) is -1.36. The summed E-state index contributed by atoms with van der Waals surface area (Å²) in [5, 5.41) is 22.8. The molecule has 0 aromatic carbocycles. The zero-order valence-electron chi connectivity index (χ0n) is 17.6. The predicted molar refractivity (Wildman–Crippen MR) is 105 cm³/mol. The van der Waals surface area contributed by atoms with Crippen molar-refractivity contribution in [2.24, 2.45) is 28.6 Å². The molecule has 0 bridgehead atoms. The minimum absolute atomic E-state index is 0.0413. The number of carbonyl (C=O) groups excluding carboxylic acids is 3. The number of aliphatic hydroxyl groups excluding tert-OH is 1. The third-order valence-electron chi connectivity index (χ3n) is 8.92. The van der Waals surface area contributed by atoms with E-state index in [1.807, 2.05) is 6.92 Å². The Morgan fingerprint density at radius 2 is 1.93 bits per heavy atom. The van der Waals surface area contributed by atoms with Gasteiger partial charge in [-0.05, 0) is 67.8 Å². The van der Waals surface area contributed by atoms with Crippen molar-refractivity contribution in [3.8, 4) is 0 Å². The van der Waals surface area contributed by atoms with Gasteiger partial charge in [-0.1, -0.05) is 19.4 Å². The Bertz CT molecular complexity index is 786. The number of rotatable bonds is 3. The molecule has 29 heavy (non-hydrogen) atoms. The molecule has 6 heteroatoms. The maximum Gasteiger partial charge on any atom is 0.303 e. The highest BCUT2D eigenvalue weighted by Gasteiger charge is 2.68. The molecule has 0 aromatic rings. The zero-order valence-corrected chi connectivity index (χ0v) is 17.6. The number of hydrogen-bond donors (Lipinski definition) is 2. The average molecular weight is 405 g/mol. The van der Waals surface area contributed by atoms with Crippen LogP contribution in [0.2, 0.25) is 0 Å². The lowest BCUT2D eigenvalue weighted by Crippen LogP contribution is -2.62. The monoisotopic (exact) mass is 404 g/mol. The van der Waals surface area contributed by atoms with Crippen molar-refractivity contribution >= 4 is 17.5 Å². The lowest BCUT2D eigenvalue weighted by molar-refractivity contribution is -0.184. The fraction of sp³-hybridized carbons (Fsp3) is 0.783. The highest BCUT2D eigenvalue weighted by atomic mass is 16.5. The van der Waals surface area contributed by atoms with Gasteiger partial charge >= 0.3 is 5.97 Å². The molecule has 0 radical (unpaired) electrons. The van der Waals surface area contributed by atoms with E-state index in [-0.39, 0.29) is 29.0 Å². The van der Waals surface area contributed by atoms with Gasteiger partial charge in [0.25, 0.3) is 0 Å². The van der Waals surface area contributed by atoms with E-state index in [1.54, 1.807) is 6.08 Å². The van der Waals surface area contributed by atoms with Gasteiger partial charge in [0.05, 0.1) is 6.10 Å². The largest absolute Gasteiger partial charge is 0.458 e. The standard InChI is InChI=1S/C23H32O6/c1-13(24)29-12-19(27)23(28)9-7-17-16-5-4-14-10-15(25)6-8-21(14,2)20(16)18(26)11-22(17,23)3/h10,16-18,20,26,28H,4-9,11-12H2,1-3H3/t16-,17-,18?,20+,21?,22?,23?/m0/s1. The van der Waals surface area contributed by atoms with Crippen molar-refractivity contribution in [2.45, 2.75) is 77.4 Å². The van der Waals surface area contributed by atoms with E-state index in [0.717, 1.165) is 31.3 Å². The molecule has 0 aliphatic heterocycles. The van der Waals surface area contributed by atoms with Crippen LogP contribution in [0.15, 0.2) is 11.6 Å². The van der Waals surface area contributed by atoms with Crippen LogP contribution in [0.1, 0.15) is 65.7 Å². The fourth-order valence-corrected chi connectivity index (χ4v) is 7.44. The molecule has 4 aliphatic rings. The number of allylic oxidation sites excluding steroid dienone is 1. The summed E-state index contributed by atoms with van der Waals surface area (Å²) in [6, 6.07) is 0. The van der Waals surface area contributed by atoms with Gasteiger partial charge in [0.1, 0.15) is 5.60 Å². The summed E-state index contributed by atoms with van der Waals surface area (Å²) in [6.45, 7) is 4.92. The molecule has 6 nitrogen and oxygen atoms in total. The number of esters is 1. The first-order valence-electron chi connectivity index (χ1n) is 10.8. The lowest BCUT2D eigenvalue weighted by atomic mass is 9.45. The molecule has 0 aromatic heterocycles. The third-order valence-corrected chi connectivity index (χ3v) is 8.92. The summed E-state index contributed by atoms with van der Waals surface area (Å²) in [7, 11) is 0. The number of Topliss-reactive ketones (excluding diaryl/α,β-unsaturated/α-hetero) is 1. The second kappa shape index (κ2) is 6.74. The third kappa shape index (κ3) is 2.86. The molecular formula is C23H32O6. The van der Waals surface area contributed by atoms with Crippen LogP contribution in [0.3, 0.4) is 0 Å². The second-order valence-electron chi connectivity index (χ2n) is 10.2. The van der Waals surface area contributed by atoms with Crippen LogP contribution < -0.4 is 0 Å². The van der Waals surface area contributed by atoms with Crippen molar-refractivity contribution in [2.75, 3.05) is 6.61 Å². The smallest absolute Gasteiger partial charge is 0.303 e. The SMILES string of the molecule is CC(=O)OCC(=O)C1(O)CC[C@H]2[C@@H]3CCC4=CC(=O)CCC4(C)[C@H]3C(O)CC21C. The molecular weight excluding hydrogens is 372 g/mol. The molecule has 4 rings (SSSR count). The molecule has 4 aliphatic carbocycles. The number of fused-ring (bicyclic) bond motifs is 5. The normalized spacial score (nSPS) is 46.2. The predicted octanol–water partition coefficient (Wildman–Crippen LogP) is 2.35. The topological polar surface area (TPSA) is 101 Å². The molecule has 3 fully saturated rings. The molecule has 160 valence electrons. The van der Waals surface area contributed by atoms with E-state index in [9.17, 15) is 24.6 Å². The van der Waals surface area contributed by atoms with Gasteiger partial charge < -0.3 is 14.9 Å². The van der Waals surface area contributed by atoms with Crippen LogP contribution in [0.4, 0.5) is 0 Å². The molecule has 0 heterocycles. The number of ketones is 2. The molecule has 7 atom stereocenters. The zero-order chi connectivity index (χ0) is 21.2. The number of aliphatic hydroxyl groups is 2. The first kappa shape index (κ1) is 20.7. The van der Waals surface area contributed by atoms with E-state index < -0.39 is 35.5 Å². The van der Waals surface area contributed by atoms with Crippen molar-refractivity contribution < 1.29 is 29.3 Å². The summed E-state index contributed by atoms with van der Waals surface area (Å²) in [5.74, 6) is -0.462. The molecule has 0 saturated heterocycles. The molecule has 2 N–H and O–H groups in total. The first-order chi connectivity index (χ1) is 13.5. The van der Waals surface area contributed by atoms with Crippen molar-refractivity contribution in [3.05, 3.63) is 11.6 Å². The van der Waals surface area contributed by atoms with Gasteiger partial charge in [-0.3, -0.25) is 14.4 Å². The van der Waals surface area contributed by atoms with E-state index in [2.05, 4.69) is 6.92 Å². The Hall–Kier alpha value is -1.53. The minimum Gasteiger partial charge on any atom is -0.458 e. The van der Waals surface area contributed by atoms with Crippen LogP contribution in [0.25, 0.3) is 0 Å². The quantitative estimate of drug-likeness (QED) is 0.701. The van der Waals surface area contributed by atoms with Crippen molar-refractivity contribution in [3.63, 3.8) is 0 Å². The van der Waals surface area contributed by atoms with Gasteiger partial charge in [-0.25, -0.2) is 0 Å². The maximum atomic E-state index is 12.9. The summed E-state index contributed by atoms with van der Waals surface area (Å²) in [6.07, 6.45) is 5.54. The van der Waals surface area contributed by atoms with Crippen molar-refractivity contribution in [1.29, 1.82) is 0 Å². The number of ether oxygens (including phenoxy) is 1. The van der Waals surface area contributed by atoms with Crippen LogP contribution in [-0.2, 0) is 19.1 Å². The lowest BCUT2D eigenvalue weighted by Gasteiger charge is -2.60. The van der Waals surface area contributed by atoms with Gasteiger partial charge in [0.15, 0.2) is 12.4 Å². The van der Waals surface area contributed by atoms with Crippen LogP contribution in [0, 0.1) is 28.6 Å². The van der Waals surface area contributed by atoms with Crippen LogP contribution in [-0.4, -0.2) is 46.1 Å². The average Bonchev–Trinajstić information content (AvgIpc) is 2.91. The molecule has 3 saturated carbocycles. The van der Waals surface area contributed by atoms with Gasteiger partial charge in [0.2, 0.25) is 5.78 Å². The highest BCUT2D eigenvalue weighted by Crippen LogP contribution is 2.67. The van der Waals surface area contributed by atoms with E-state index in [4.69, 9.17) is 4.74 Å². The van der Waals surface area contributed by atoms with Crippen LogP contribution >= 0.6 is 0 Å². The van der Waals surface area contributed by atoms with Gasteiger partial charge in [-0.2, -0.15) is 0 Å². The Morgan fingerprint density at radius 3 is 2.62 bits per heavy atom. The Kier molecular flexibility index (Phi) is 4.82. The van der Waals surface area contributed by atoms with Crippen molar-refractivity contribution in [1.82, 2.24) is 0 Å². The summed E-state index contributed by atoms with van der Waals surface area (Å²) < 4.78 is 4.89. The number of carbonyl (C=O) groups is 3. The number of hydrogen-bond acceptors (Lipinski definition) is 6. The Balaban J connectivity index is 1.65. The summed E-state index contributed by atoms with van der Waals surface area (Å²) >= 11 is 0. The highest BCUT2D eigenvalue weighted by molar-refractivity contribution is 5.92. The molecule has 4 unspecified atom stereocenters. The maximum absolute atomic E-state index is 12.9.